The fourth-order valence-corrected chi connectivity index (χ4v) is 8.68. The Morgan fingerprint density at radius 2 is 0.467 bits per heavy atom. The second-order valence-corrected chi connectivity index (χ2v) is 19.2. The Balaban J connectivity index is 3.99. The molecule has 0 aromatic heterocycles. The van der Waals surface area contributed by atoms with Gasteiger partial charge in [0.15, 0.2) is 0 Å². The van der Waals surface area contributed by atoms with Gasteiger partial charge < -0.3 is 14.2 Å². The van der Waals surface area contributed by atoms with Crippen molar-refractivity contribution in [3.05, 3.63) is 12.2 Å². The fraction of sp³-hybridized carbons (Fsp3) is 0.965. The number of unbranched alkanes of at least 4 members (excludes halogenated alkanes) is 42. The van der Waals surface area contributed by atoms with Crippen LogP contribution >= 0.6 is 0 Å². The monoisotopic (exact) mass is 847 g/mol. The minimum Gasteiger partial charge on any atom is -0.379 e. The molecule has 0 heterocycles. The van der Waals surface area contributed by atoms with Gasteiger partial charge in [-0.05, 0) is 44.9 Å². The average Bonchev–Trinajstić information content (AvgIpc) is 3.26. The van der Waals surface area contributed by atoms with Crippen LogP contribution in [0.25, 0.3) is 0 Å². The van der Waals surface area contributed by atoms with E-state index in [9.17, 15) is 0 Å². The van der Waals surface area contributed by atoms with Crippen molar-refractivity contribution < 1.29 is 14.2 Å². The van der Waals surface area contributed by atoms with Crippen molar-refractivity contribution in [2.24, 2.45) is 0 Å². The van der Waals surface area contributed by atoms with Gasteiger partial charge in [-0.2, -0.15) is 0 Å². The summed E-state index contributed by atoms with van der Waals surface area (Å²) in [4.78, 5) is 0. The Labute approximate surface area is 380 Å². The fourth-order valence-electron chi connectivity index (χ4n) is 8.68. The first-order valence-corrected chi connectivity index (χ1v) is 28.3. The molecule has 0 N–H and O–H groups in total. The molecule has 0 aliphatic carbocycles. The maximum atomic E-state index is 6.37. The molecule has 0 spiro atoms. The number of hydrogen-bond donors (Lipinski definition) is 0. The Morgan fingerprint density at radius 1 is 0.250 bits per heavy atom. The van der Waals surface area contributed by atoms with Gasteiger partial charge in [0.1, 0.15) is 6.10 Å². The summed E-state index contributed by atoms with van der Waals surface area (Å²) >= 11 is 0. The molecule has 60 heavy (non-hydrogen) atoms. The van der Waals surface area contributed by atoms with Gasteiger partial charge in [0, 0.05) is 19.8 Å². The van der Waals surface area contributed by atoms with Crippen molar-refractivity contribution in [3.63, 3.8) is 0 Å². The largest absolute Gasteiger partial charge is 0.379 e. The van der Waals surface area contributed by atoms with Crippen LogP contribution in [-0.4, -0.2) is 39.1 Å². The Kier molecular flexibility index (Phi) is 56.3. The predicted molar refractivity (Wildman–Crippen MR) is 270 cm³/mol. The van der Waals surface area contributed by atoms with Gasteiger partial charge >= 0.3 is 0 Å². The van der Waals surface area contributed by atoms with E-state index in [1.807, 2.05) is 0 Å². The molecule has 360 valence electrons. The zero-order valence-corrected chi connectivity index (χ0v) is 42.0. The first-order chi connectivity index (χ1) is 29.8. The molecule has 0 aliphatic rings. The van der Waals surface area contributed by atoms with Crippen LogP contribution in [0.2, 0.25) is 0 Å². The molecular formula is C57H114O3. The molecule has 0 unspecified atom stereocenters. The maximum absolute atomic E-state index is 6.37. The van der Waals surface area contributed by atoms with E-state index < -0.39 is 0 Å². The van der Waals surface area contributed by atoms with Crippen molar-refractivity contribution in [3.8, 4) is 0 Å². The SMILES string of the molecule is CCCCCCCC/C=C\CCCCCCCCOC(COCCCCCCCCCCCCCCCCCC)COCCCCCCCCCCCCCCCCCC. The summed E-state index contributed by atoms with van der Waals surface area (Å²) < 4.78 is 18.7. The van der Waals surface area contributed by atoms with Crippen LogP contribution < -0.4 is 0 Å². The molecule has 0 rings (SSSR count). The summed E-state index contributed by atoms with van der Waals surface area (Å²) in [7, 11) is 0. The zero-order chi connectivity index (χ0) is 43.2. The molecule has 0 aliphatic heterocycles. The van der Waals surface area contributed by atoms with Crippen molar-refractivity contribution >= 4 is 0 Å². The molecule has 0 amide bonds. The molecule has 0 saturated heterocycles. The van der Waals surface area contributed by atoms with E-state index in [1.165, 1.54) is 289 Å². The number of ether oxygens (including phenoxy) is 3. The molecular weight excluding hydrogens is 733 g/mol. The first-order valence-electron chi connectivity index (χ1n) is 28.3. The van der Waals surface area contributed by atoms with Crippen molar-refractivity contribution in [2.45, 2.75) is 322 Å². The Bertz CT molecular complexity index is 712. The topological polar surface area (TPSA) is 27.7 Å². The molecule has 3 nitrogen and oxygen atoms in total. The van der Waals surface area contributed by atoms with Gasteiger partial charge in [-0.3, -0.25) is 0 Å². The molecule has 0 saturated carbocycles. The lowest BCUT2D eigenvalue weighted by atomic mass is 10.0. The third kappa shape index (κ3) is 53.8. The quantitative estimate of drug-likeness (QED) is 0.0451. The van der Waals surface area contributed by atoms with E-state index in [1.54, 1.807) is 0 Å². The summed E-state index contributed by atoms with van der Waals surface area (Å²) in [5.41, 5.74) is 0. The van der Waals surface area contributed by atoms with Crippen molar-refractivity contribution in [1.82, 2.24) is 0 Å². The molecule has 0 fully saturated rings. The summed E-state index contributed by atoms with van der Waals surface area (Å²) in [6.45, 7) is 10.9. The van der Waals surface area contributed by atoms with Gasteiger partial charge in [0.2, 0.25) is 0 Å². The highest BCUT2D eigenvalue weighted by molar-refractivity contribution is 4.81. The van der Waals surface area contributed by atoms with Crippen molar-refractivity contribution in [2.75, 3.05) is 33.0 Å². The van der Waals surface area contributed by atoms with Gasteiger partial charge in [0.25, 0.3) is 0 Å². The lowest BCUT2D eigenvalue weighted by molar-refractivity contribution is -0.0616. The van der Waals surface area contributed by atoms with E-state index in [0.29, 0.717) is 13.2 Å². The van der Waals surface area contributed by atoms with E-state index in [-0.39, 0.29) is 6.10 Å². The Morgan fingerprint density at radius 3 is 0.733 bits per heavy atom. The summed E-state index contributed by atoms with van der Waals surface area (Å²) in [5.74, 6) is 0. The summed E-state index contributed by atoms with van der Waals surface area (Å²) in [5, 5.41) is 0. The third-order valence-corrected chi connectivity index (χ3v) is 12.9. The van der Waals surface area contributed by atoms with Crippen LogP contribution in [0.3, 0.4) is 0 Å². The summed E-state index contributed by atoms with van der Waals surface area (Å²) in [6, 6.07) is 0. The highest BCUT2D eigenvalue weighted by atomic mass is 16.6. The van der Waals surface area contributed by atoms with Gasteiger partial charge in [-0.25, -0.2) is 0 Å². The molecule has 0 radical (unpaired) electrons. The van der Waals surface area contributed by atoms with Gasteiger partial charge in [0.05, 0.1) is 13.2 Å². The van der Waals surface area contributed by atoms with Crippen LogP contribution in [0, 0.1) is 0 Å². The van der Waals surface area contributed by atoms with Crippen LogP contribution in [-0.2, 0) is 14.2 Å². The molecule has 0 bridgehead atoms. The highest BCUT2D eigenvalue weighted by Crippen LogP contribution is 2.16. The second-order valence-electron chi connectivity index (χ2n) is 19.2. The Hall–Kier alpha value is -0.380. The molecule has 3 heteroatoms. The standard InChI is InChI=1S/C57H114O3/c1-4-7-10-13-16-19-22-25-28-31-34-37-40-43-46-49-52-58-55-57(60-54-51-48-45-42-39-36-33-30-27-24-21-18-15-12-9-6-3)56-59-53-50-47-44-41-38-35-32-29-26-23-20-17-14-11-8-5-2/h27,30,57H,4-26,28-29,31-56H2,1-3H3/b30-27-. The normalized spacial score (nSPS) is 11.9. The maximum Gasteiger partial charge on any atom is 0.104 e. The van der Waals surface area contributed by atoms with Crippen LogP contribution in [0.1, 0.15) is 316 Å². The average molecular weight is 848 g/mol. The zero-order valence-electron chi connectivity index (χ0n) is 42.0. The highest BCUT2D eigenvalue weighted by Gasteiger charge is 2.10. The molecule has 0 aromatic rings. The van der Waals surface area contributed by atoms with Crippen LogP contribution in [0.5, 0.6) is 0 Å². The molecule has 0 atom stereocenters. The lowest BCUT2D eigenvalue weighted by Gasteiger charge is -2.18. The van der Waals surface area contributed by atoms with E-state index in [4.69, 9.17) is 14.2 Å². The number of rotatable bonds is 55. The van der Waals surface area contributed by atoms with E-state index >= 15 is 0 Å². The van der Waals surface area contributed by atoms with Crippen LogP contribution in [0.15, 0.2) is 12.2 Å². The first kappa shape index (κ1) is 59.6. The second kappa shape index (κ2) is 56.6. The smallest absolute Gasteiger partial charge is 0.104 e. The third-order valence-electron chi connectivity index (χ3n) is 12.9. The van der Waals surface area contributed by atoms with Crippen LogP contribution in [0.4, 0.5) is 0 Å². The van der Waals surface area contributed by atoms with Crippen molar-refractivity contribution in [1.29, 1.82) is 0 Å². The number of hydrogen-bond acceptors (Lipinski definition) is 3. The summed E-state index contributed by atoms with van der Waals surface area (Å²) in [6.07, 6.45) is 68.8. The van der Waals surface area contributed by atoms with E-state index in [0.717, 1.165) is 26.2 Å². The van der Waals surface area contributed by atoms with Gasteiger partial charge in [-0.15, -0.1) is 0 Å². The minimum atomic E-state index is 0.0789. The lowest BCUT2D eigenvalue weighted by Crippen LogP contribution is -2.26. The van der Waals surface area contributed by atoms with Gasteiger partial charge in [-0.1, -0.05) is 283 Å². The number of allylic oxidation sites excluding steroid dienone is 2. The van der Waals surface area contributed by atoms with E-state index in [2.05, 4.69) is 32.9 Å². The molecule has 0 aromatic carbocycles. The minimum absolute atomic E-state index is 0.0789. The predicted octanol–water partition coefficient (Wildman–Crippen LogP) is 20.0.